The van der Waals surface area contributed by atoms with Crippen molar-refractivity contribution in [2.45, 2.75) is 17.4 Å². The number of rotatable bonds is 0. The van der Waals surface area contributed by atoms with Crippen LogP contribution < -0.4 is 0 Å². The van der Waals surface area contributed by atoms with Crippen LogP contribution >= 0.6 is 0 Å². The van der Waals surface area contributed by atoms with E-state index in [1.807, 2.05) is 0 Å². The van der Waals surface area contributed by atoms with E-state index in [4.69, 9.17) is 0 Å². The van der Waals surface area contributed by atoms with Crippen molar-refractivity contribution in [2.75, 3.05) is 0 Å². The number of hydrogen-bond acceptors (Lipinski definition) is 0. The normalized spacial score (nSPS) is 15.8. The summed E-state index contributed by atoms with van der Waals surface area (Å²) in [4.78, 5) is 0. The van der Waals surface area contributed by atoms with E-state index < -0.39 is 12.4 Å². The molecular weight excluding hydrogens is 116 g/mol. The average Bonchev–Trinajstić information content (AvgIpc) is 0.722. The van der Waals surface area contributed by atoms with E-state index >= 15 is 0 Å². The second-order valence-electron chi connectivity index (χ2n) is 2.45. The second kappa shape index (κ2) is 1.47. The zero-order chi connectivity index (χ0) is 4.50. The molecule has 0 rings (SSSR count). The molecule has 5 heavy (non-hydrogen) atoms. The van der Waals surface area contributed by atoms with Gasteiger partial charge in [0.15, 0.2) is 0 Å². The van der Waals surface area contributed by atoms with Crippen molar-refractivity contribution in [1.29, 1.82) is 0 Å². The fraction of sp³-hybridized carbons (Fsp3) is 1.00. The Balaban J connectivity index is 3.02. The summed E-state index contributed by atoms with van der Waals surface area (Å²) in [5.74, 6) is 7.22. The average molecular weight is 128 g/mol. The molecule has 0 aliphatic heterocycles. The summed E-state index contributed by atoms with van der Waals surface area (Å²) in [5.41, 5.74) is 0. The molecule has 0 radical (unpaired) electrons. The van der Waals surface area contributed by atoms with Gasteiger partial charge in [0.1, 0.15) is 0 Å². The second-order valence-corrected chi connectivity index (χ2v) is 20.2. The van der Waals surface area contributed by atoms with E-state index in [1.54, 1.807) is 0 Å². The summed E-state index contributed by atoms with van der Waals surface area (Å²) in [6, 6.07) is 0. The Labute approximate surface area is 39.1 Å². The van der Waals surface area contributed by atoms with E-state index in [-0.39, 0.29) is 0 Å². The van der Waals surface area contributed by atoms with Gasteiger partial charge in [0.2, 0.25) is 0 Å². The minimum atomic E-state index is -0.611. The Kier molecular flexibility index (Phi) is 1.69. The summed E-state index contributed by atoms with van der Waals surface area (Å²) in [6.07, 6.45) is 0. The van der Waals surface area contributed by atoms with Crippen molar-refractivity contribution in [1.82, 2.24) is 0 Å². The van der Waals surface area contributed by atoms with Crippen LogP contribution in [0.25, 0.3) is 0 Å². The monoisotopic (exact) mass is 128 g/mol. The molecule has 0 aromatic heterocycles. The molecule has 0 aromatic carbocycles. The molecule has 0 fully saturated rings. The summed E-state index contributed by atoms with van der Waals surface area (Å²) in [7, 11) is 1.46. The maximum absolute atomic E-state index is 2.41. The Morgan fingerprint density at radius 1 is 1.20 bits per heavy atom. The van der Waals surface area contributed by atoms with Gasteiger partial charge in [-0.2, -0.15) is 0 Å². The van der Waals surface area contributed by atoms with Crippen molar-refractivity contribution in [2.24, 2.45) is 0 Å². The standard InChI is InChI=1S/3CH3.Cr.H3Si/h3*1H3;;1H3. The fourth-order valence-corrected chi connectivity index (χ4v) is 0. The van der Waals surface area contributed by atoms with Crippen molar-refractivity contribution < 1.29 is 12.4 Å². The predicted molar refractivity (Wildman–Crippen MR) is 27.5 cm³/mol. The van der Waals surface area contributed by atoms with E-state index in [9.17, 15) is 0 Å². The summed E-state index contributed by atoms with van der Waals surface area (Å²) in [5, 5.41) is 0. The van der Waals surface area contributed by atoms with Gasteiger partial charge in [0.25, 0.3) is 0 Å². The Bertz CT molecular complexity index is 22.4. The SMILES string of the molecule is [CH3][Cr]([CH3])([CH3])[SiH3]. The molecule has 0 amide bonds. The Morgan fingerprint density at radius 2 is 1.20 bits per heavy atom. The third-order valence-electron chi connectivity index (χ3n) is 0. The van der Waals surface area contributed by atoms with Gasteiger partial charge in [-0.05, 0) is 0 Å². The molecule has 0 aliphatic rings. The molecule has 0 spiro atoms. The van der Waals surface area contributed by atoms with E-state index in [2.05, 4.69) is 17.4 Å². The van der Waals surface area contributed by atoms with Crippen molar-refractivity contribution in [3.8, 4) is 0 Å². The van der Waals surface area contributed by atoms with E-state index in [1.165, 1.54) is 8.80 Å². The van der Waals surface area contributed by atoms with Crippen LogP contribution in [0.15, 0.2) is 0 Å². The van der Waals surface area contributed by atoms with Gasteiger partial charge in [-0.3, -0.25) is 0 Å². The molecule has 0 heterocycles. The van der Waals surface area contributed by atoms with Crippen molar-refractivity contribution in [3.05, 3.63) is 0 Å². The van der Waals surface area contributed by atoms with Crippen LogP contribution in [0.4, 0.5) is 0 Å². The molecule has 0 saturated heterocycles. The maximum atomic E-state index is 2.41. The topological polar surface area (TPSA) is 0 Å². The molecule has 34 valence electrons. The molecule has 0 N–H and O–H groups in total. The zero-order valence-electron chi connectivity index (χ0n) is 4.41. The molecule has 2 heteroatoms. The van der Waals surface area contributed by atoms with Crippen LogP contribution in [0.3, 0.4) is 0 Å². The van der Waals surface area contributed by atoms with Gasteiger partial charge in [0.05, 0.1) is 0 Å². The van der Waals surface area contributed by atoms with Crippen LogP contribution in [-0.2, 0) is 12.4 Å². The molecule has 0 atom stereocenters. The summed E-state index contributed by atoms with van der Waals surface area (Å²) >= 11 is -0.611. The van der Waals surface area contributed by atoms with Gasteiger partial charge in [-0.15, -0.1) is 0 Å². The van der Waals surface area contributed by atoms with Crippen LogP contribution in [0.1, 0.15) is 0 Å². The molecule has 0 aromatic rings. The minimum absolute atomic E-state index is 0.611. The fourth-order valence-electron chi connectivity index (χ4n) is 0. The van der Waals surface area contributed by atoms with Crippen LogP contribution in [0.2, 0.25) is 17.4 Å². The molecule has 0 unspecified atom stereocenters. The van der Waals surface area contributed by atoms with Crippen LogP contribution in [0, 0.1) is 0 Å². The van der Waals surface area contributed by atoms with E-state index in [0.717, 1.165) is 0 Å². The molecular formula is C3H12CrSi. The van der Waals surface area contributed by atoms with Gasteiger partial charge in [0, 0.05) is 0 Å². The molecule has 0 bridgehead atoms. The first-order chi connectivity index (χ1) is 2.00. The first-order valence-corrected chi connectivity index (χ1v) is 10.1. The molecule has 0 nitrogen and oxygen atoms in total. The molecule has 0 aliphatic carbocycles. The van der Waals surface area contributed by atoms with Crippen LogP contribution in [0.5, 0.6) is 0 Å². The van der Waals surface area contributed by atoms with E-state index in [0.29, 0.717) is 0 Å². The third kappa shape index (κ3) is 63.9. The third-order valence-corrected chi connectivity index (χ3v) is 0. The first-order valence-electron chi connectivity index (χ1n) is 1.63. The van der Waals surface area contributed by atoms with Gasteiger partial charge in [-0.1, -0.05) is 0 Å². The Hall–Kier alpha value is 0.749. The number of hydrogen-bond donors (Lipinski definition) is 0. The zero-order valence-corrected chi connectivity index (χ0v) is 7.68. The van der Waals surface area contributed by atoms with Gasteiger partial charge < -0.3 is 0 Å². The summed E-state index contributed by atoms with van der Waals surface area (Å²) < 4.78 is 0. The van der Waals surface area contributed by atoms with Crippen molar-refractivity contribution >= 4 is 8.80 Å². The Morgan fingerprint density at radius 3 is 1.20 bits per heavy atom. The predicted octanol–water partition coefficient (Wildman–Crippen LogP) is 0.565. The van der Waals surface area contributed by atoms with Crippen molar-refractivity contribution in [3.63, 3.8) is 0 Å². The quantitative estimate of drug-likeness (QED) is 0.418. The van der Waals surface area contributed by atoms with Crippen LogP contribution in [-0.4, -0.2) is 8.80 Å². The summed E-state index contributed by atoms with van der Waals surface area (Å²) in [6.45, 7) is 0. The first kappa shape index (κ1) is 5.75. The van der Waals surface area contributed by atoms with Gasteiger partial charge in [-0.25, -0.2) is 0 Å². The molecule has 0 saturated carbocycles. The van der Waals surface area contributed by atoms with Gasteiger partial charge >= 0.3 is 38.6 Å².